The summed E-state index contributed by atoms with van der Waals surface area (Å²) in [5.74, 6) is 1.45. The van der Waals surface area contributed by atoms with Crippen molar-refractivity contribution in [1.82, 2.24) is 19.9 Å². The summed E-state index contributed by atoms with van der Waals surface area (Å²) in [6, 6.07) is 10.0. The molecule has 1 aliphatic rings. The number of fused-ring (bicyclic) bond motifs is 1. The van der Waals surface area contributed by atoms with Crippen molar-refractivity contribution in [3.8, 4) is 0 Å². The van der Waals surface area contributed by atoms with E-state index in [0.717, 1.165) is 48.4 Å². The number of H-pyrrole nitrogens is 1. The monoisotopic (exact) mass is 334 g/mol. The Kier molecular flexibility index (Phi) is 4.22. The number of carbonyl (C=O) groups excluding carboxylic acids is 1. The molecule has 3 heterocycles. The molecular weight excluding hydrogens is 312 g/mol. The van der Waals surface area contributed by atoms with Crippen LogP contribution in [0.2, 0.25) is 0 Å². The molecule has 0 unspecified atom stereocenters. The fourth-order valence-electron chi connectivity index (χ4n) is 3.60. The number of carbonyl (C=O) groups is 1. The Balaban J connectivity index is 1.50. The molecule has 1 aromatic carbocycles. The van der Waals surface area contributed by atoms with Gasteiger partial charge in [0.25, 0.3) is 0 Å². The molecule has 2 aromatic heterocycles. The van der Waals surface area contributed by atoms with Crippen LogP contribution < -0.4 is 0 Å². The number of benzene rings is 1. The van der Waals surface area contributed by atoms with Crippen LogP contribution in [0.25, 0.3) is 11.0 Å². The number of para-hydroxylation sites is 1. The largest absolute Gasteiger partial charge is 0.342 e. The highest BCUT2D eigenvalue weighted by Gasteiger charge is 2.26. The van der Waals surface area contributed by atoms with Crippen LogP contribution in [0.15, 0.2) is 42.7 Å². The second-order valence-corrected chi connectivity index (χ2v) is 6.81. The molecule has 5 heteroatoms. The standard InChI is InChI=1S/C20H22N4O/c1-14-5-2-8-17-19(14)23-20(22-17)16-7-4-10-24(13-16)18(25)11-15-6-3-9-21-12-15/h2-3,5-6,8-9,12,16H,4,7,10-11,13H2,1H3,(H,22,23)/t16-/m1/s1. The Bertz CT molecular complexity index is 887. The maximum atomic E-state index is 12.6. The van der Waals surface area contributed by atoms with Gasteiger partial charge in [0.05, 0.1) is 17.5 Å². The Morgan fingerprint density at radius 2 is 2.24 bits per heavy atom. The second kappa shape index (κ2) is 6.67. The molecule has 4 rings (SSSR count). The highest BCUT2D eigenvalue weighted by molar-refractivity contribution is 5.79. The lowest BCUT2D eigenvalue weighted by Crippen LogP contribution is -2.40. The minimum absolute atomic E-state index is 0.171. The molecule has 1 N–H and O–H groups in total. The smallest absolute Gasteiger partial charge is 0.227 e. The Labute approximate surface area is 147 Å². The summed E-state index contributed by atoms with van der Waals surface area (Å²) < 4.78 is 0. The van der Waals surface area contributed by atoms with Crippen LogP contribution in [0.5, 0.6) is 0 Å². The van der Waals surface area contributed by atoms with Gasteiger partial charge in [-0.05, 0) is 43.0 Å². The van der Waals surface area contributed by atoms with Gasteiger partial charge in [-0.3, -0.25) is 9.78 Å². The normalized spacial score (nSPS) is 17.8. The zero-order chi connectivity index (χ0) is 17.2. The minimum Gasteiger partial charge on any atom is -0.342 e. The third kappa shape index (κ3) is 3.27. The first-order valence-corrected chi connectivity index (χ1v) is 8.82. The van der Waals surface area contributed by atoms with Crippen molar-refractivity contribution in [2.75, 3.05) is 13.1 Å². The molecule has 1 saturated heterocycles. The lowest BCUT2D eigenvalue weighted by atomic mass is 9.97. The summed E-state index contributed by atoms with van der Waals surface area (Å²) in [7, 11) is 0. The third-order valence-electron chi connectivity index (χ3n) is 4.97. The Morgan fingerprint density at radius 3 is 3.04 bits per heavy atom. The van der Waals surface area contributed by atoms with E-state index in [1.165, 1.54) is 5.56 Å². The van der Waals surface area contributed by atoms with Gasteiger partial charge in [0.2, 0.25) is 5.91 Å². The molecule has 0 saturated carbocycles. The first-order valence-electron chi connectivity index (χ1n) is 8.82. The van der Waals surface area contributed by atoms with Crippen molar-refractivity contribution >= 4 is 16.9 Å². The van der Waals surface area contributed by atoms with Gasteiger partial charge >= 0.3 is 0 Å². The van der Waals surface area contributed by atoms with Gasteiger partial charge in [0.1, 0.15) is 5.82 Å². The van der Waals surface area contributed by atoms with Gasteiger partial charge in [-0.1, -0.05) is 18.2 Å². The van der Waals surface area contributed by atoms with Gasteiger partial charge in [0, 0.05) is 31.4 Å². The SMILES string of the molecule is Cc1cccc2[nH]c([C@@H]3CCCN(C(=O)Cc4cccnc4)C3)nc12. The van der Waals surface area contributed by atoms with Crippen LogP contribution in [0.3, 0.4) is 0 Å². The van der Waals surface area contributed by atoms with Crippen LogP contribution in [0.4, 0.5) is 0 Å². The summed E-state index contributed by atoms with van der Waals surface area (Å²) in [4.78, 5) is 27.0. The summed E-state index contributed by atoms with van der Waals surface area (Å²) in [6.45, 7) is 3.64. The van der Waals surface area contributed by atoms with Crippen molar-refractivity contribution in [3.05, 3.63) is 59.7 Å². The van der Waals surface area contributed by atoms with E-state index in [1.807, 2.05) is 23.1 Å². The lowest BCUT2D eigenvalue weighted by Gasteiger charge is -2.32. The molecule has 1 aliphatic heterocycles. The minimum atomic E-state index is 0.171. The first kappa shape index (κ1) is 15.8. The van der Waals surface area contributed by atoms with E-state index in [2.05, 4.69) is 29.0 Å². The van der Waals surface area contributed by atoms with Gasteiger partial charge < -0.3 is 9.88 Å². The van der Waals surface area contributed by atoms with E-state index in [0.29, 0.717) is 6.42 Å². The van der Waals surface area contributed by atoms with Gasteiger partial charge in [0.15, 0.2) is 0 Å². The maximum Gasteiger partial charge on any atom is 0.227 e. The van der Waals surface area contributed by atoms with Crippen LogP contribution in [0, 0.1) is 6.92 Å². The van der Waals surface area contributed by atoms with Crippen LogP contribution >= 0.6 is 0 Å². The van der Waals surface area contributed by atoms with Crippen LogP contribution in [0.1, 0.15) is 35.7 Å². The molecule has 0 aliphatic carbocycles. The van der Waals surface area contributed by atoms with Crippen LogP contribution in [-0.4, -0.2) is 38.8 Å². The first-order chi connectivity index (χ1) is 12.2. The molecule has 0 radical (unpaired) electrons. The summed E-state index contributed by atoms with van der Waals surface area (Å²) >= 11 is 0. The third-order valence-corrected chi connectivity index (χ3v) is 4.97. The number of likely N-dealkylation sites (tertiary alicyclic amines) is 1. The number of imidazole rings is 1. The molecule has 1 atom stereocenters. The highest BCUT2D eigenvalue weighted by atomic mass is 16.2. The molecule has 3 aromatic rings. The zero-order valence-electron chi connectivity index (χ0n) is 14.4. The van der Waals surface area contributed by atoms with E-state index in [9.17, 15) is 4.79 Å². The van der Waals surface area contributed by atoms with Crippen molar-refractivity contribution in [1.29, 1.82) is 0 Å². The van der Waals surface area contributed by atoms with E-state index >= 15 is 0 Å². The predicted octanol–water partition coefficient (Wildman–Crippen LogP) is 3.22. The number of amides is 1. The van der Waals surface area contributed by atoms with Gasteiger partial charge in [-0.2, -0.15) is 0 Å². The number of piperidine rings is 1. The fourth-order valence-corrected chi connectivity index (χ4v) is 3.60. The number of pyridine rings is 1. The molecule has 0 spiro atoms. The van der Waals surface area contributed by atoms with Crippen molar-refractivity contribution < 1.29 is 4.79 Å². The maximum absolute atomic E-state index is 12.6. The van der Waals surface area contributed by atoms with Crippen molar-refractivity contribution in [3.63, 3.8) is 0 Å². The van der Waals surface area contributed by atoms with E-state index in [4.69, 9.17) is 4.98 Å². The van der Waals surface area contributed by atoms with Gasteiger partial charge in [-0.25, -0.2) is 4.98 Å². The highest BCUT2D eigenvalue weighted by Crippen LogP contribution is 2.28. The Morgan fingerprint density at radius 1 is 1.32 bits per heavy atom. The number of aromatic amines is 1. The topological polar surface area (TPSA) is 61.9 Å². The average molecular weight is 334 g/mol. The molecule has 1 fully saturated rings. The number of hydrogen-bond donors (Lipinski definition) is 1. The van der Waals surface area contributed by atoms with Gasteiger partial charge in [-0.15, -0.1) is 0 Å². The van der Waals surface area contributed by atoms with Crippen molar-refractivity contribution in [2.24, 2.45) is 0 Å². The fraction of sp³-hybridized carbons (Fsp3) is 0.350. The molecule has 128 valence electrons. The quantitative estimate of drug-likeness (QED) is 0.800. The predicted molar refractivity (Wildman–Crippen MR) is 97.3 cm³/mol. The number of aromatic nitrogens is 3. The number of rotatable bonds is 3. The number of aryl methyl sites for hydroxylation is 1. The summed E-state index contributed by atoms with van der Waals surface area (Å²) in [5, 5.41) is 0. The van der Waals surface area contributed by atoms with Crippen molar-refractivity contribution in [2.45, 2.75) is 32.1 Å². The molecule has 25 heavy (non-hydrogen) atoms. The van der Waals surface area contributed by atoms with E-state index < -0.39 is 0 Å². The number of nitrogens with zero attached hydrogens (tertiary/aromatic N) is 3. The summed E-state index contributed by atoms with van der Waals surface area (Å²) in [6.07, 6.45) is 5.99. The molecular formula is C20H22N4O. The molecule has 1 amide bonds. The Hall–Kier alpha value is -2.69. The molecule has 0 bridgehead atoms. The van der Waals surface area contributed by atoms with E-state index in [-0.39, 0.29) is 11.8 Å². The van der Waals surface area contributed by atoms with E-state index in [1.54, 1.807) is 12.4 Å². The zero-order valence-corrected chi connectivity index (χ0v) is 14.4. The number of hydrogen-bond acceptors (Lipinski definition) is 3. The van der Waals surface area contributed by atoms with Crippen LogP contribution in [-0.2, 0) is 11.2 Å². The lowest BCUT2D eigenvalue weighted by molar-refractivity contribution is -0.131. The molecule has 5 nitrogen and oxygen atoms in total. The number of nitrogens with one attached hydrogen (secondary N) is 1. The summed E-state index contributed by atoms with van der Waals surface area (Å²) in [5.41, 5.74) is 4.26. The second-order valence-electron chi connectivity index (χ2n) is 6.81. The average Bonchev–Trinajstić information content (AvgIpc) is 3.08.